The highest BCUT2D eigenvalue weighted by atomic mass is 16.2. The van der Waals surface area contributed by atoms with Gasteiger partial charge >= 0.3 is 0 Å². The van der Waals surface area contributed by atoms with Gasteiger partial charge in [-0.25, -0.2) is 0 Å². The number of hydrogen-bond acceptors (Lipinski definition) is 2. The lowest BCUT2D eigenvalue weighted by molar-refractivity contribution is -0.129. The summed E-state index contributed by atoms with van der Waals surface area (Å²) in [5.74, 6) is -0.519. The number of amides is 2. The number of carbonyl (C=O) groups is 2. The maximum atomic E-state index is 10.3. The fourth-order valence-electron chi connectivity index (χ4n) is 0.285. The highest BCUT2D eigenvalue weighted by Crippen LogP contribution is 1.72. The van der Waals surface area contributed by atoms with Gasteiger partial charge in [-0.05, 0) is 0 Å². The Morgan fingerprint density at radius 3 is 1.12 bits per heavy atom. The van der Waals surface area contributed by atoms with Crippen molar-refractivity contribution in [3.8, 4) is 0 Å². The SMILES string of the molecule is CC.CC.CC.CC.CCC(=O)NC(C)=O. The summed E-state index contributed by atoms with van der Waals surface area (Å²) in [4.78, 5) is 20.4. The van der Waals surface area contributed by atoms with Crippen molar-refractivity contribution in [1.82, 2.24) is 5.32 Å². The maximum absolute atomic E-state index is 10.3. The third kappa shape index (κ3) is 73.3. The largest absolute Gasteiger partial charge is 0.297 e. The van der Waals surface area contributed by atoms with E-state index in [0.717, 1.165) is 0 Å². The lowest BCUT2D eigenvalue weighted by Gasteiger charge is -1.92. The molecule has 1 N–H and O–H groups in total. The molecule has 0 heterocycles. The van der Waals surface area contributed by atoms with Crippen LogP contribution in [0.25, 0.3) is 0 Å². The average Bonchev–Trinajstić information content (AvgIpc) is 2.38. The summed E-state index contributed by atoms with van der Waals surface area (Å²) < 4.78 is 0. The molecule has 0 bridgehead atoms. The lowest BCUT2D eigenvalue weighted by atomic mass is 10.4. The van der Waals surface area contributed by atoms with Crippen LogP contribution in [0.1, 0.15) is 75.7 Å². The van der Waals surface area contributed by atoms with E-state index in [9.17, 15) is 9.59 Å². The normalized spacial score (nSPS) is 5.62. The molecule has 0 aliphatic carbocycles. The van der Waals surface area contributed by atoms with Gasteiger partial charge in [0.2, 0.25) is 11.8 Å². The number of nitrogens with one attached hydrogen (secondary N) is 1. The van der Waals surface area contributed by atoms with Gasteiger partial charge in [-0.1, -0.05) is 62.3 Å². The van der Waals surface area contributed by atoms with Crippen LogP contribution in [0, 0.1) is 0 Å². The molecule has 0 spiro atoms. The van der Waals surface area contributed by atoms with Crippen molar-refractivity contribution in [3.63, 3.8) is 0 Å². The van der Waals surface area contributed by atoms with Crippen molar-refractivity contribution in [3.05, 3.63) is 0 Å². The minimum Gasteiger partial charge on any atom is -0.297 e. The van der Waals surface area contributed by atoms with Crippen molar-refractivity contribution in [1.29, 1.82) is 0 Å². The molecule has 0 saturated heterocycles. The Bertz CT molecular complexity index is 113. The van der Waals surface area contributed by atoms with Crippen LogP contribution in [0.2, 0.25) is 0 Å². The van der Waals surface area contributed by atoms with Crippen LogP contribution < -0.4 is 5.32 Å². The molecule has 2 amide bonds. The van der Waals surface area contributed by atoms with Gasteiger partial charge in [0.05, 0.1) is 0 Å². The molecule has 3 heteroatoms. The van der Waals surface area contributed by atoms with Crippen LogP contribution >= 0.6 is 0 Å². The zero-order chi connectivity index (χ0) is 14.6. The smallest absolute Gasteiger partial charge is 0.226 e. The number of hydrogen-bond donors (Lipinski definition) is 1. The van der Waals surface area contributed by atoms with E-state index in [-0.39, 0.29) is 11.8 Å². The van der Waals surface area contributed by atoms with Gasteiger partial charge in [-0.3, -0.25) is 14.9 Å². The Morgan fingerprint density at radius 2 is 1.06 bits per heavy atom. The minimum absolute atomic E-state index is 0.225. The van der Waals surface area contributed by atoms with Crippen molar-refractivity contribution >= 4 is 11.8 Å². The second-order valence-corrected chi connectivity index (χ2v) is 1.46. The summed E-state index contributed by atoms with van der Waals surface area (Å²) in [6, 6.07) is 0. The highest BCUT2D eigenvalue weighted by Gasteiger charge is 1.96. The summed E-state index contributed by atoms with van der Waals surface area (Å²) in [6.07, 6.45) is 0.361. The van der Waals surface area contributed by atoms with E-state index in [4.69, 9.17) is 0 Å². The molecular weight excluding hydrogens is 202 g/mol. The van der Waals surface area contributed by atoms with Gasteiger partial charge in [0.1, 0.15) is 0 Å². The summed E-state index contributed by atoms with van der Waals surface area (Å²) in [5.41, 5.74) is 0. The molecule has 0 atom stereocenters. The Labute approximate surface area is 103 Å². The molecule has 0 unspecified atom stereocenters. The molecule has 0 aromatic heterocycles. The topological polar surface area (TPSA) is 46.2 Å². The fourth-order valence-corrected chi connectivity index (χ4v) is 0.285. The third-order valence-electron chi connectivity index (χ3n) is 0.637. The predicted molar refractivity (Wildman–Crippen MR) is 74.5 cm³/mol. The Kier molecular flexibility index (Phi) is 88.1. The molecule has 0 aliphatic rings. The van der Waals surface area contributed by atoms with Crippen LogP contribution in [0.5, 0.6) is 0 Å². The van der Waals surface area contributed by atoms with Crippen molar-refractivity contribution in [2.24, 2.45) is 0 Å². The highest BCUT2D eigenvalue weighted by molar-refractivity contribution is 5.93. The van der Waals surface area contributed by atoms with Crippen molar-refractivity contribution in [2.45, 2.75) is 75.7 Å². The molecule has 0 aliphatic heterocycles. The second-order valence-electron chi connectivity index (χ2n) is 1.46. The first-order valence-electron chi connectivity index (χ1n) is 6.47. The van der Waals surface area contributed by atoms with Crippen LogP contribution in [0.3, 0.4) is 0 Å². The molecule has 3 nitrogen and oxygen atoms in total. The maximum Gasteiger partial charge on any atom is 0.226 e. The lowest BCUT2D eigenvalue weighted by Crippen LogP contribution is -2.26. The molecule has 0 saturated carbocycles. The summed E-state index contributed by atoms with van der Waals surface area (Å²) in [5, 5.41) is 2.11. The van der Waals surface area contributed by atoms with Gasteiger partial charge in [0.25, 0.3) is 0 Å². The third-order valence-corrected chi connectivity index (χ3v) is 0.637. The average molecular weight is 235 g/mol. The molecular formula is C13H33NO2. The summed E-state index contributed by atoms with van der Waals surface area (Å²) in [7, 11) is 0. The number of imide groups is 1. The van der Waals surface area contributed by atoms with Gasteiger partial charge in [-0.2, -0.15) is 0 Å². The first kappa shape index (κ1) is 29.4. The predicted octanol–water partition coefficient (Wildman–Crippen LogP) is 4.16. The standard InChI is InChI=1S/C5H9NO2.4C2H6/c1-3-5(8)6-4(2)7;4*1-2/h3H2,1-2H3,(H,6,7,8);4*1-2H3. The summed E-state index contributed by atoms with van der Waals surface area (Å²) >= 11 is 0. The van der Waals surface area contributed by atoms with E-state index in [0.29, 0.717) is 6.42 Å². The molecule has 102 valence electrons. The van der Waals surface area contributed by atoms with Crippen molar-refractivity contribution in [2.75, 3.05) is 0 Å². The minimum atomic E-state index is -0.295. The molecule has 0 aromatic carbocycles. The molecule has 0 rings (SSSR count). The van der Waals surface area contributed by atoms with E-state index in [1.165, 1.54) is 6.92 Å². The quantitative estimate of drug-likeness (QED) is 0.741. The van der Waals surface area contributed by atoms with Gasteiger partial charge < -0.3 is 0 Å². The van der Waals surface area contributed by atoms with Gasteiger partial charge in [-0.15, -0.1) is 0 Å². The van der Waals surface area contributed by atoms with E-state index < -0.39 is 0 Å². The Hall–Kier alpha value is -0.860. The van der Waals surface area contributed by atoms with Crippen molar-refractivity contribution < 1.29 is 9.59 Å². The zero-order valence-electron chi connectivity index (χ0n) is 13.0. The molecule has 0 fully saturated rings. The monoisotopic (exact) mass is 235 g/mol. The van der Waals surface area contributed by atoms with E-state index in [1.54, 1.807) is 6.92 Å². The van der Waals surface area contributed by atoms with E-state index in [1.807, 2.05) is 55.4 Å². The van der Waals surface area contributed by atoms with Crippen LogP contribution in [-0.4, -0.2) is 11.8 Å². The zero-order valence-corrected chi connectivity index (χ0v) is 13.0. The first-order valence-corrected chi connectivity index (χ1v) is 6.47. The summed E-state index contributed by atoms with van der Waals surface area (Å²) in [6.45, 7) is 19.0. The number of rotatable bonds is 1. The van der Waals surface area contributed by atoms with E-state index in [2.05, 4.69) is 5.32 Å². The Morgan fingerprint density at radius 1 is 0.812 bits per heavy atom. The number of carbonyl (C=O) groups excluding carboxylic acids is 2. The first-order chi connectivity index (χ1) is 7.66. The molecule has 0 radical (unpaired) electrons. The van der Waals surface area contributed by atoms with Crippen LogP contribution in [0.15, 0.2) is 0 Å². The van der Waals surface area contributed by atoms with Crippen LogP contribution in [-0.2, 0) is 9.59 Å². The van der Waals surface area contributed by atoms with Crippen LogP contribution in [0.4, 0.5) is 0 Å². The molecule has 0 aromatic rings. The molecule has 16 heavy (non-hydrogen) atoms. The fraction of sp³-hybridized carbons (Fsp3) is 0.846. The van der Waals surface area contributed by atoms with Gasteiger partial charge in [0.15, 0.2) is 0 Å². The Balaban J connectivity index is -0.0000000426. The second kappa shape index (κ2) is 47.9. The van der Waals surface area contributed by atoms with Gasteiger partial charge in [0, 0.05) is 13.3 Å². The van der Waals surface area contributed by atoms with E-state index >= 15 is 0 Å².